The molecule has 0 aliphatic carbocycles. The van der Waals surface area contributed by atoms with E-state index >= 15 is 0 Å². The summed E-state index contributed by atoms with van der Waals surface area (Å²) in [5.41, 5.74) is 1.45. The number of carbonyl (C=O) groups excluding carboxylic acids is 2. The molecule has 0 fully saturated rings. The Balaban J connectivity index is 2.49. The summed E-state index contributed by atoms with van der Waals surface area (Å²) in [5, 5.41) is 9.42. The van der Waals surface area contributed by atoms with Gasteiger partial charge in [-0.05, 0) is 63.5 Å². The van der Waals surface area contributed by atoms with Crippen molar-refractivity contribution in [1.29, 1.82) is 5.26 Å². The Morgan fingerprint density at radius 2 is 1.86 bits per heavy atom. The highest BCUT2D eigenvalue weighted by Gasteiger charge is 2.36. The second-order valence-electron chi connectivity index (χ2n) is 7.09. The minimum Gasteiger partial charge on any atom is -0.490 e. The number of hydrogen-bond donors (Lipinski definition) is 0. The zero-order valence-electron chi connectivity index (χ0n) is 17.7. The number of imide groups is 1. The van der Waals surface area contributed by atoms with Gasteiger partial charge in [-0.1, -0.05) is 19.4 Å². The first-order valence-corrected chi connectivity index (χ1v) is 9.96. The van der Waals surface area contributed by atoms with E-state index in [0.717, 1.165) is 23.3 Å². The molecule has 1 aromatic carbocycles. The van der Waals surface area contributed by atoms with Crippen molar-refractivity contribution in [1.82, 2.24) is 4.90 Å². The quantitative estimate of drug-likeness (QED) is 0.372. The van der Waals surface area contributed by atoms with Crippen molar-refractivity contribution < 1.29 is 19.1 Å². The predicted octanol–water partition coefficient (Wildman–Crippen LogP) is 4.26. The van der Waals surface area contributed by atoms with Gasteiger partial charge in [0.05, 0.1) is 13.2 Å². The maximum atomic E-state index is 12.9. The second kappa shape index (κ2) is 9.92. The van der Waals surface area contributed by atoms with E-state index in [-0.39, 0.29) is 11.6 Å². The minimum atomic E-state index is -0.545. The number of carbonyl (C=O) groups is 2. The summed E-state index contributed by atoms with van der Waals surface area (Å²) in [4.78, 5) is 26.6. The molecule has 0 saturated heterocycles. The van der Waals surface area contributed by atoms with Crippen LogP contribution in [0.1, 0.15) is 53.0 Å². The zero-order chi connectivity index (χ0) is 21.6. The summed E-state index contributed by atoms with van der Waals surface area (Å²) in [7, 11) is 0. The standard InChI is InChI=1S/C23H28N2O4/c1-6-8-11-29-20-10-9-17(13-21(20)28-7-2)12-18-16(5)19(14-24)23(27)25(15(3)4)22(18)26/h9-10,12-13,15H,6-8,11H2,1-5H3/b18-12+. The van der Waals surface area contributed by atoms with Crippen LogP contribution in [-0.2, 0) is 9.59 Å². The van der Waals surface area contributed by atoms with Gasteiger partial charge in [0.2, 0.25) is 0 Å². The topological polar surface area (TPSA) is 79.6 Å². The van der Waals surface area contributed by atoms with Gasteiger partial charge in [0.1, 0.15) is 11.6 Å². The maximum absolute atomic E-state index is 12.9. The molecule has 154 valence electrons. The Morgan fingerprint density at radius 3 is 2.45 bits per heavy atom. The number of unbranched alkanes of at least 4 members (excludes halogenated alkanes) is 1. The summed E-state index contributed by atoms with van der Waals surface area (Å²) >= 11 is 0. The number of amides is 2. The van der Waals surface area contributed by atoms with Crippen LogP contribution < -0.4 is 9.47 Å². The summed E-state index contributed by atoms with van der Waals surface area (Å²) in [5.74, 6) is 0.307. The molecule has 1 aliphatic rings. The van der Waals surface area contributed by atoms with Crippen molar-refractivity contribution >= 4 is 17.9 Å². The van der Waals surface area contributed by atoms with Gasteiger partial charge in [-0.25, -0.2) is 0 Å². The summed E-state index contributed by atoms with van der Waals surface area (Å²) in [6.45, 7) is 10.2. The zero-order valence-corrected chi connectivity index (χ0v) is 17.7. The molecule has 0 aromatic heterocycles. The van der Waals surface area contributed by atoms with Crippen LogP contribution in [0.4, 0.5) is 0 Å². The van der Waals surface area contributed by atoms with Gasteiger partial charge in [-0.15, -0.1) is 0 Å². The molecule has 2 amide bonds. The summed E-state index contributed by atoms with van der Waals surface area (Å²) < 4.78 is 11.5. The SMILES string of the molecule is CCCCOc1ccc(/C=C2/C(=O)N(C(C)C)C(=O)C(C#N)=C2C)cc1OCC. The molecule has 1 heterocycles. The Bertz CT molecular complexity index is 891. The average molecular weight is 396 g/mol. The van der Waals surface area contributed by atoms with Crippen LogP contribution in [0.25, 0.3) is 6.08 Å². The lowest BCUT2D eigenvalue weighted by atomic mass is 9.93. The lowest BCUT2D eigenvalue weighted by molar-refractivity contribution is -0.142. The van der Waals surface area contributed by atoms with Crippen LogP contribution in [0.15, 0.2) is 34.9 Å². The van der Waals surface area contributed by atoms with Crippen LogP contribution in [0, 0.1) is 11.3 Å². The summed E-state index contributed by atoms with van der Waals surface area (Å²) in [6.07, 6.45) is 3.68. The molecule has 0 spiro atoms. The lowest BCUT2D eigenvalue weighted by Crippen LogP contribution is -2.46. The maximum Gasteiger partial charge on any atom is 0.271 e. The van der Waals surface area contributed by atoms with E-state index in [1.165, 1.54) is 0 Å². The van der Waals surface area contributed by atoms with E-state index in [4.69, 9.17) is 9.47 Å². The van der Waals surface area contributed by atoms with Crippen LogP contribution in [0.2, 0.25) is 0 Å². The van der Waals surface area contributed by atoms with Gasteiger partial charge >= 0.3 is 0 Å². The smallest absolute Gasteiger partial charge is 0.271 e. The minimum absolute atomic E-state index is 0.00546. The molecule has 6 nitrogen and oxygen atoms in total. The molecule has 0 atom stereocenters. The summed E-state index contributed by atoms with van der Waals surface area (Å²) in [6, 6.07) is 7.05. The van der Waals surface area contributed by atoms with Gasteiger partial charge in [-0.2, -0.15) is 5.26 Å². The van der Waals surface area contributed by atoms with Crippen LogP contribution in [0.3, 0.4) is 0 Å². The largest absolute Gasteiger partial charge is 0.490 e. The van der Waals surface area contributed by atoms with Crippen molar-refractivity contribution in [2.75, 3.05) is 13.2 Å². The number of hydrogen-bond acceptors (Lipinski definition) is 5. The third kappa shape index (κ3) is 4.86. The fourth-order valence-electron chi connectivity index (χ4n) is 3.06. The van der Waals surface area contributed by atoms with Gasteiger partial charge in [0.25, 0.3) is 11.8 Å². The molecule has 0 unspecified atom stereocenters. The molecular formula is C23H28N2O4. The van der Waals surface area contributed by atoms with Crippen LogP contribution in [-0.4, -0.2) is 36.0 Å². The predicted molar refractivity (Wildman–Crippen MR) is 111 cm³/mol. The Morgan fingerprint density at radius 1 is 1.14 bits per heavy atom. The van der Waals surface area contributed by atoms with Crippen molar-refractivity contribution in [2.24, 2.45) is 0 Å². The second-order valence-corrected chi connectivity index (χ2v) is 7.09. The fourth-order valence-corrected chi connectivity index (χ4v) is 3.06. The number of nitriles is 1. The molecule has 1 aliphatic heterocycles. The number of rotatable bonds is 8. The number of nitrogens with zero attached hydrogens (tertiary/aromatic N) is 2. The fraction of sp³-hybridized carbons (Fsp3) is 0.435. The van der Waals surface area contributed by atoms with E-state index in [1.54, 1.807) is 32.9 Å². The molecule has 1 aromatic rings. The van der Waals surface area contributed by atoms with Crippen molar-refractivity contribution in [2.45, 2.75) is 53.5 Å². The first-order chi connectivity index (χ1) is 13.8. The average Bonchev–Trinajstić information content (AvgIpc) is 2.67. The third-order valence-electron chi connectivity index (χ3n) is 4.62. The molecule has 6 heteroatoms. The van der Waals surface area contributed by atoms with Gasteiger partial charge in [0.15, 0.2) is 11.5 Å². The third-order valence-corrected chi connectivity index (χ3v) is 4.62. The molecular weight excluding hydrogens is 368 g/mol. The molecule has 0 saturated carbocycles. The normalized spacial score (nSPS) is 15.9. The molecule has 0 N–H and O–H groups in total. The van der Waals surface area contributed by atoms with Crippen molar-refractivity contribution in [3.8, 4) is 17.6 Å². The molecule has 0 radical (unpaired) electrons. The van der Waals surface area contributed by atoms with Gasteiger partial charge in [0, 0.05) is 11.6 Å². The molecule has 2 rings (SSSR count). The number of benzene rings is 1. The highest BCUT2D eigenvalue weighted by Crippen LogP contribution is 2.32. The lowest BCUT2D eigenvalue weighted by Gasteiger charge is -2.30. The van der Waals surface area contributed by atoms with E-state index in [2.05, 4.69) is 6.92 Å². The van der Waals surface area contributed by atoms with E-state index in [9.17, 15) is 14.9 Å². The van der Waals surface area contributed by atoms with E-state index in [1.807, 2.05) is 25.1 Å². The van der Waals surface area contributed by atoms with Crippen molar-refractivity contribution in [3.05, 3.63) is 40.5 Å². The Hall–Kier alpha value is -3.07. The Labute approximate surface area is 172 Å². The Kier molecular flexibility index (Phi) is 7.60. The molecule has 0 bridgehead atoms. The van der Waals surface area contributed by atoms with E-state index < -0.39 is 11.8 Å². The van der Waals surface area contributed by atoms with Crippen LogP contribution in [0.5, 0.6) is 11.5 Å². The van der Waals surface area contributed by atoms with Gasteiger partial charge in [-0.3, -0.25) is 14.5 Å². The highest BCUT2D eigenvalue weighted by molar-refractivity contribution is 6.19. The highest BCUT2D eigenvalue weighted by atomic mass is 16.5. The first-order valence-electron chi connectivity index (χ1n) is 9.96. The monoisotopic (exact) mass is 396 g/mol. The van der Waals surface area contributed by atoms with Crippen LogP contribution >= 0.6 is 0 Å². The van der Waals surface area contributed by atoms with E-state index in [0.29, 0.717) is 35.9 Å². The number of ether oxygens (including phenoxy) is 2. The van der Waals surface area contributed by atoms with Crippen molar-refractivity contribution in [3.63, 3.8) is 0 Å². The van der Waals surface area contributed by atoms with Gasteiger partial charge < -0.3 is 9.47 Å². The molecule has 29 heavy (non-hydrogen) atoms. The first kappa shape index (κ1) is 22.2.